The van der Waals surface area contributed by atoms with Crippen LogP contribution in [0.1, 0.15) is 20.3 Å². The largest absolute Gasteiger partial charge is 0.272 e. The van der Waals surface area contributed by atoms with E-state index in [1.165, 1.54) is 0 Å². The molecule has 0 radical (unpaired) electrons. The van der Waals surface area contributed by atoms with Gasteiger partial charge < -0.3 is 0 Å². The monoisotopic (exact) mass is 176 g/mol. The van der Waals surface area contributed by atoms with Crippen molar-refractivity contribution in [2.45, 2.75) is 32.4 Å². The number of hydrogen-bond acceptors (Lipinski definition) is 4. The first-order chi connectivity index (χ1) is 6.17. The Balaban J connectivity index is 4.32. The van der Waals surface area contributed by atoms with E-state index in [1.807, 2.05) is 6.07 Å². The van der Waals surface area contributed by atoms with E-state index in [0.29, 0.717) is 13.0 Å². The van der Waals surface area contributed by atoms with Crippen LogP contribution in [0.25, 0.3) is 0 Å². The third-order valence-corrected chi connectivity index (χ3v) is 1.85. The predicted molar refractivity (Wildman–Crippen MR) is 47.1 cm³/mol. The summed E-state index contributed by atoms with van der Waals surface area (Å²) in [6, 6.07) is 5.47. The highest BCUT2D eigenvalue weighted by Gasteiger charge is 2.18. The van der Waals surface area contributed by atoms with Crippen LogP contribution in [-0.4, -0.2) is 23.5 Å². The van der Waals surface area contributed by atoms with Crippen molar-refractivity contribution in [3.8, 4) is 18.2 Å². The van der Waals surface area contributed by atoms with Gasteiger partial charge in [-0.15, -0.1) is 0 Å². The Bertz CT molecular complexity index is 245. The zero-order valence-electron chi connectivity index (χ0n) is 7.86. The van der Waals surface area contributed by atoms with E-state index >= 15 is 0 Å². The minimum absolute atomic E-state index is 0.317. The lowest BCUT2D eigenvalue weighted by Gasteiger charge is -2.25. The average Bonchev–Trinajstić information content (AvgIpc) is 2.17. The fourth-order valence-electron chi connectivity index (χ4n) is 1.05. The van der Waals surface area contributed by atoms with E-state index < -0.39 is 0 Å². The second-order valence-electron chi connectivity index (χ2n) is 2.76. The predicted octanol–water partition coefficient (Wildman–Crippen LogP) is 1.03. The maximum atomic E-state index is 8.66. The lowest BCUT2D eigenvalue weighted by atomic mass is 10.2. The molecular formula is C9H12N4. The van der Waals surface area contributed by atoms with Crippen LogP contribution in [0, 0.1) is 34.0 Å². The molecule has 0 aromatic heterocycles. The molecule has 0 N–H and O–H groups in total. The first-order valence-corrected chi connectivity index (χ1v) is 4.09. The van der Waals surface area contributed by atoms with Crippen molar-refractivity contribution in [3.63, 3.8) is 0 Å². The number of nitriles is 3. The molecule has 0 aliphatic heterocycles. The van der Waals surface area contributed by atoms with Gasteiger partial charge >= 0.3 is 0 Å². The molecule has 2 atom stereocenters. The van der Waals surface area contributed by atoms with Crippen LogP contribution in [0.4, 0.5) is 0 Å². The van der Waals surface area contributed by atoms with Gasteiger partial charge in [-0.1, -0.05) is 0 Å². The second-order valence-corrected chi connectivity index (χ2v) is 2.76. The van der Waals surface area contributed by atoms with Crippen LogP contribution < -0.4 is 0 Å². The number of hydrogen-bond donors (Lipinski definition) is 0. The summed E-state index contributed by atoms with van der Waals surface area (Å²) in [5.74, 6) is 0. The van der Waals surface area contributed by atoms with Crippen LogP contribution in [0.2, 0.25) is 0 Å². The van der Waals surface area contributed by atoms with Crippen molar-refractivity contribution in [3.05, 3.63) is 0 Å². The molecule has 0 aromatic rings. The van der Waals surface area contributed by atoms with Gasteiger partial charge in [-0.25, -0.2) is 0 Å². The highest BCUT2D eigenvalue weighted by Crippen LogP contribution is 2.04. The summed E-state index contributed by atoms with van der Waals surface area (Å²) < 4.78 is 0. The molecule has 13 heavy (non-hydrogen) atoms. The lowest BCUT2D eigenvalue weighted by molar-refractivity contribution is 0.223. The van der Waals surface area contributed by atoms with Gasteiger partial charge in [0, 0.05) is 13.0 Å². The minimum atomic E-state index is -0.317. The lowest BCUT2D eigenvalue weighted by Crippen LogP contribution is -2.39. The molecule has 0 heterocycles. The molecule has 0 aliphatic rings. The molecule has 0 aromatic carbocycles. The zero-order valence-corrected chi connectivity index (χ0v) is 7.86. The summed E-state index contributed by atoms with van der Waals surface area (Å²) in [7, 11) is 0. The Morgan fingerprint density at radius 2 is 1.54 bits per heavy atom. The second kappa shape index (κ2) is 6.00. The Kier molecular flexibility index (Phi) is 5.28. The molecule has 4 heteroatoms. The summed E-state index contributed by atoms with van der Waals surface area (Å²) in [6.45, 7) is 3.93. The van der Waals surface area contributed by atoms with Crippen molar-refractivity contribution in [2.75, 3.05) is 6.54 Å². The molecule has 4 nitrogen and oxygen atoms in total. The molecule has 0 bridgehead atoms. The van der Waals surface area contributed by atoms with E-state index in [9.17, 15) is 0 Å². The summed E-state index contributed by atoms with van der Waals surface area (Å²) in [5.41, 5.74) is 0. The van der Waals surface area contributed by atoms with Gasteiger partial charge in [0.1, 0.15) is 0 Å². The third kappa shape index (κ3) is 3.56. The Hall–Kier alpha value is -1.57. The van der Waals surface area contributed by atoms with Gasteiger partial charge in [0.2, 0.25) is 0 Å². The van der Waals surface area contributed by atoms with Gasteiger partial charge in [-0.2, -0.15) is 15.8 Å². The molecule has 0 spiro atoms. The van der Waals surface area contributed by atoms with Crippen molar-refractivity contribution in [1.29, 1.82) is 15.8 Å². The molecule has 0 fully saturated rings. The van der Waals surface area contributed by atoms with Gasteiger partial charge in [-0.05, 0) is 13.8 Å². The summed E-state index contributed by atoms with van der Waals surface area (Å²) in [4.78, 5) is 1.71. The highest BCUT2D eigenvalue weighted by atomic mass is 15.2. The van der Waals surface area contributed by atoms with Gasteiger partial charge in [0.05, 0.1) is 30.3 Å². The maximum absolute atomic E-state index is 8.66. The molecule has 0 rings (SSSR count). The quantitative estimate of drug-likeness (QED) is 0.641. The van der Waals surface area contributed by atoms with Crippen LogP contribution in [0.15, 0.2) is 0 Å². The molecule has 0 aliphatic carbocycles. The molecular weight excluding hydrogens is 164 g/mol. The van der Waals surface area contributed by atoms with Crippen molar-refractivity contribution < 1.29 is 0 Å². The third-order valence-electron chi connectivity index (χ3n) is 1.85. The summed E-state index contributed by atoms with van der Waals surface area (Å²) in [5, 5.41) is 25.7. The molecule has 0 saturated carbocycles. The van der Waals surface area contributed by atoms with Gasteiger partial charge in [0.15, 0.2) is 0 Å². The van der Waals surface area contributed by atoms with Crippen LogP contribution >= 0.6 is 0 Å². The maximum Gasteiger partial charge on any atom is 0.0959 e. The molecule has 68 valence electrons. The van der Waals surface area contributed by atoms with E-state index in [2.05, 4.69) is 12.1 Å². The zero-order chi connectivity index (χ0) is 10.3. The first kappa shape index (κ1) is 11.4. The normalized spacial score (nSPS) is 13.8. The Morgan fingerprint density at radius 1 is 1.08 bits per heavy atom. The average molecular weight is 176 g/mol. The molecule has 0 amide bonds. The smallest absolute Gasteiger partial charge is 0.0959 e. The van der Waals surface area contributed by atoms with Crippen LogP contribution in [0.3, 0.4) is 0 Å². The SMILES string of the molecule is CC(C#N)N(CCC#N)C(C)C#N. The summed E-state index contributed by atoms with van der Waals surface area (Å²) >= 11 is 0. The number of nitrogens with zero attached hydrogens (tertiary/aromatic N) is 4. The molecule has 0 saturated heterocycles. The van der Waals surface area contributed by atoms with Crippen molar-refractivity contribution in [2.24, 2.45) is 0 Å². The topological polar surface area (TPSA) is 74.6 Å². The van der Waals surface area contributed by atoms with E-state index in [0.717, 1.165) is 0 Å². The Morgan fingerprint density at radius 3 is 1.85 bits per heavy atom. The van der Waals surface area contributed by atoms with Gasteiger partial charge in [-0.3, -0.25) is 4.90 Å². The standard InChI is InChI=1S/C9H12N4/c1-8(6-11)13(5-3-4-10)9(2)7-12/h8-9H,3,5H2,1-2H3. The number of rotatable bonds is 4. The Labute approximate surface area is 78.6 Å². The molecule has 2 unspecified atom stereocenters. The van der Waals surface area contributed by atoms with Gasteiger partial charge in [0.25, 0.3) is 0 Å². The van der Waals surface area contributed by atoms with E-state index in [-0.39, 0.29) is 12.1 Å². The minimum Gasteiger partial charge on any atom is -0.272 e. The first-order valence-electron chi connectivity index (χ1n) is 4.09. The van der Waals surface area contributed by atoms with E-state index in [4.69, 9.17) is 15.8 Å². The highest BCUT2D eigenvalue weighted by molar-refractivity contribution is 4.97. The summed E-state index contributed by atoms with van der Waals surface area (Å²) in [6.07, 6.45) is 0.345. The van der Waals surface area contributed by atoms with Crippen LogP contribution in [0.5, 0.6) is 0 Å². The van der Waals surface area contributed by atoms with Crippen molar-refractivity contribution in [1.82, 2.24) is 4.90 Å². The van der Waals surface area contributed by atoms with Crippen LogP contribution in [-0.2, 0) is 0 Å². The van der Waals surface area contributed by atoms with E-state index in [1.54, 1.807) is 18.7 Å². The fourth-order valence-corrected chi connectivity index (χ4v) is 1.05. The fraction of sp³-hybridized carbons (Fsp3) is 0.667. The van der Waals surface area contributed by atoms with Crippen molar-refractivity contribution >= 4 is 0 Å².